The highest BCUT2D eigenvalue weighted by molar-refractivity contribution is 7.89. The van der Waals surface area contributed by atoms with E-state index in [1.165, 1.54) is 22.6 Å². The minimum Gasteiger partial charge on any atom is -0.324 e. The number of aryl methyl sites for hydroxylation is 1. The molecular formula is C19H23N3O4S. The second kappa shape index (κ2) is 7.66. The number of rotatable bonds is 5. The standard InChI is InChI=1S/C19H23N3O4S/c1-14-6-5-7-17(15(14)2)20-18(23)13-21-12-16(8-9-19(21)24)27(25,26)22-10-3-4-11-22/h5-9,12H,3-4,10-11,13H2,1-2H3,(H,20,23). The molecule has 1 aromatic heterocycles. The van der Waals surface area contributed by atoms with Gasteiger partial charge in [0.1, 0.15) is 6.54 Å². The number of benzene rings is 1. The normalized spacial score (nSPS) is 15.0. The zero-order valence-corrected chi connectivity index (χ0v) is 16.3. The Kier molecular flexibility index (Phi) is 5.48. The van der Waals surface area contributed by atoms with E-state index >= 15 is 0 Å². The molecule has 0 aliphatic carbocycles. The second-order valence-corrected chi connectivity index (χ2v) is 8.68. The molecule has 0 saturated carbocycles. The van der Waals surface area contributed by atoms with Gasteiger partial charge in [-0.3, -0.25) is 9.59 Å². The van der Waals surface area contributed by atoms with Gasteiger partial charge < -0.3 is 9.88 Å². The fourth-order valence-electron chi connectivity index (χ4n) is 3.09. The lowest BCUT2D eigenvalue weighted by atomic mass is 10.1. The molecule has 1 saturated heterocycles. The van der Waals surface area contributed by atoms with Gasteiger partial charge in [-0.25, -0.2) is 8.42 Å². The van der Waals surface area contributed by atoms with Crippen LogP contribution in [-0.2, 0) is 21.4 Å². The molecule has 0 atom stereocenters. The fourth-order valence-corrected chi connectivity index (χ4v) is 4.63. The van der Waals surface area contributed by atoms with Gasteiger partial charge in [0.2, 0.25) is 15.9 Å². The maximum atomic E-state index is 12.7. The zero-order valence-electron chi connectivity index (χ0n) is 15.4. The van der Waals surface area contributed by atoms with Crippen molar-refractivity contribution in [3.05, 3.63) is 58.0 Å². The third-order valence-electron chi connectivity index (χ3n) is 4.85. The van der Waals surface area contributed by atoms with Crippen LogP contribution in [0.4, 0.5) is 5.69 Å². The molecule has 8 heteroatoms. The van der Waals surface area contributed by atoms with Crippen LogP contribution in [0.3, 0.4) is 0 Å². The van der Waals surface area contributed by atoms with Crippen molar-refractivity contribution in [1.29, 1.82) is 0 Å². The predicted octanol–water partition coefficient (Wildman–Crippen LogP) is 1.89. The van der Waals surface area contributed by atoms with E-state index in [9.17, 15) is 18.0 Å². The summed E-state index contributed by atoms with van der Waals surface area (Å²) in [6.07, 6.45) is 2.91. The highest BCUT2D eigenvalue weighted by Crippen LogP contribution is 2.20. The van der Waals surface area contributed by atoms with Crippen molar-refractivity contribution in [2.75, 3.05) is 18.4 Å². The van der Waals surface area contributed by atoms with Crippen molar-refractivity contribution in [3.8, 4) is 0 Å². The third-order valence-corrected chi connectivity index (χ3v) is 6.73. The van der Waals surface area contributed by atoms with Crippen LogP contribution in [0, 0.1) is 13.8 Å². The Labute approximate surface area is 158 Å². The molecule has 1 aliphatic rings. The molecule has 0 spiro atoms. The van der Waals surface area contributed by atoms with Crippen LogP contribution in [0.25, 0.3) is 0 Å². The van der Waals surface area contributed by atoms with E-state index in [1.807, 2.05) is 26.0 Å². The summed E-state index contributed by atoms with van der Waals surface area (Å²) in [5.41, 5.74) is 2.24. The van der Waals surface area contributed by atoms with Crippen molar-refractivity contribution < 1.29 is 13.2 Å². The van der Waals surface area contributed by atoms with E-state index < -0.39 is 15.6 Å². The van der Waals surface area contributed by atoms with Crippen molar-refractivity contribution >= 4 is 21.6 Å². The number of nitrogens with one attached hydrogen (secondary N) is 1. The number of nitrogens with zero attached hydrogens (tertiary/aromatic N) is 2. The first-order chi connectivity index (χ1) is 12.8. The maximum Gasteiger partial charge on any atom is 0.251 e. The summed E-state index contributed by atoms with van der Waals surface area (Å²) >= 11 is 0. The van der Waals surface area contributed by atoms with E-state index in [1.54, 1.807) is 6.07 Å². The molecule has 0 bridgehead atoms. The Balaban J connectivity index is 1.81. The van der Waals surface area contributed by atoms with Crippen molar-refractivity contribution in [2.45, 2.75) is 38.1 Å². The molecule has 1 aromatic carbocycles. The molecule has 1 aliphatic heterocycles. The first-order valence-electron chi connectivity index (χ1n) is 8.86. The lowest BCUT2D eigenvalue weighted by Gasteiger charge is -2.16. The van der Waals surface area contributed by atoms with Gasteiger partial charge in [0.15, 0.2) is 0 Å². The predicted molar refractivity (Wildman–Crippen MR) is 103 cm³/mol. The largest absolute Gasteiger partial charge is 0.324 e. The van der Waals surface area contributed by atoms with Gasteiger partial charge in [0.05, 0.1) is 4.90 Å². The van der Waals surface area contributed by atoms with Crippen LogP contribution in [0.2, 0.25) is 0 Å². The summed E-state index contributed by atoms with van der Waals surface area (Å²) in [5, 5.41) is 2.78. The van der Waals surface area contributed by atoms with Crippen molar-refractivity contribution in [3.63, 3.8) is 0 Å². The lowest BCUT2D eigenvalue weighted by Crippen LogP contribution is -2.31. The Hall–Kier alpha value is -2.45. The Bertz CT molecular complexity index is 1020. The van der Waals surface area contributed by atoms with E-state index in [0.29, 0.717) is 18.8 Å². The van der Waals surface area contributed by atoms with E-state index in [2.05, 4.69) is 5.32 Å². The molecule has 1 N–H and O–H groups in total. The molecule has 7 nitrogen and oxygen atoms in total. The number of sulfonamides is 1. The quantitative estimate of drug-likeness (QED) is 0.846. The van der Waals surface area contributed by atoms with Crippen LogP contribution in [0.15, 0.2) is 46.2 Å². The first kappa shape index (κ1) is 19.3. The van der Waals surface area contributed by atoms with Gasteiger partial charge in [0, 0.05) is 31.0 Å². The summed E-state index contributed by atoms with van der Waals surface area (Å²) in [5.74, 6) is -0.387. The molecule has 1 amide bonds. The number of aromatic nitrogens is 1. The highest BCUT2D eigenvalue weighted by atomic mass is 32.2. The lowest BCUT2D eigenvalue weighted by molar-refractivity contribution is -0.116. The minimum atomic E-state index is -3.64. The maximum absolute atomic E-state index is 12.7. The number of carbonyl (C=O) groups excluding carboxylic acids is 1. The van der Waals surface area contributed by atoms with Crippen molar-refractivity contribution in [1.82, 2.24) is 8.87 Å². The summed E-state index contributed by atoms with van der Waals surface area (Å²) in [6, 6.07) is 8.07. The number of hydrogen-bond acceptors (Lipinski definition) is 4. The highest BCUT2D eigenvalue weighted by Gasteiger charge is 2.27. The number of pyridine rings is 1. The molecule has 2 aromatic rings. The zero-order chi connectivity index (χ0) is 19.6. The topological polar surface area (TPSA) is 88.5 Å². The third kappa shape index (κ3) is 4.12. The molecule has 2 heterocycles. The van der Waals surface area contributed by atoms with Crippen LogP contribution in [-0.4, -0.2) is 36.3 Å². The SMILES string of the molecule is Cc1cccc(NC(=O)Cn2cc(S(=O)(=O)N3CCCC3)ccc2=O)c1C. The summed E-state index contributed by atoms with van der Waals surface area (Å²) < 4.78 is 27.9. The smallest absolute Gasteiger partial charge is 0.251 e. The van der Waals surface area contributed by atoms with Crippen LogP contribution >= 0.6 is 0 Å². The summed E-state index contributed by atoms with van der Waals surface area (Å²) in [4.78, 5) is 24.5. The minimum absolute atomic E-state index is 0.0311. The van der Waals surface area contributed by atoms with Crippen molar-refractivity contribution in [2.24, 2.45) is 0 Å². The van der Waals surface area contributed by atoms with E-state index in [-0.39, 0.29) is 17.3 Å². The van der Waals surface area contributed by atoms with Gasteiger partial charge in [-0.1, -0.05) is 12.1 Å². The Morgan fingerprint density at radius 2 is 1.81 bits per heavy atom. The average molecular weight is 389 g/mol. The van der Waals surface area contributed by atoms with Gasteiger partial charge in [-0.15, -0.1) is 0 Å². The van der Waals surface area contributed by atoms with Crippen LogP contribution < -0.4 is 10.9 Å². The molecule has 3 rings (SSSR count). The average Bonchev–Trinajstić information content (AvgIpc) is 3.16. The molecular weight excluding hydrogens is 366 g/mol. The summed E-state index contributed by atoms with van der Waals surface area (Å²) in [6.45, 7) is 4.56. The molecule has 144 valence electrons. The summed E-state index contributed by atoms with van der Waals surface area (Å²) in [7, 11) is -3.64. The first-order valence-corrected chi connectivity index (χ1v) is 10.3. The van der Waals surface area contributed by atoms with E-state index in [0.717, 1.165) is 28.5 Å². The molecule has 27 heavy (non-hydrogen) atoms. The number of amides is 1. The molecule has 1 fully saturated rings. The Morgan fingerprint density at radius 1 is 1.11 bits per heavy atom. The second-order valence-electron chi connectivity index (χ2n) is 6.74. The van der Waals surface area contributed by atoms with Crippen LogP contribution in [0.1, 0.15) is 24.0 Å². The van der Waals surface area contributed by atoms with Gasteiger partial charge in [0.25, 0.3) is 5.56 Å². The number of hydrogen-bond donors (Lipinski definition) is 1. The van der Waals surface area contributed by atoms with Gasteiger partial charge in [-0.2, -0.15) is 4.31 Å². The Morgan fingerprint density at radius 3 is 2.52 bits per heavy atom. The molecule has 0 radical (unpaired) electrons. The van der Waals surface area contributed by atoms with E-state index in [4.69, 9.17) is 0 Å². The number of carbonyl (C=O) groups is 1. The monoisotopic (exact) mass is 389 g/mol. The molecule has 0 unspecified atom stereocenters. The van der Waals surface area contributed by atoms with Gasteiger partial charge in [-0.05, 0) is 49.9 Å². The fraction of sp³-hybridized carbons (Fsp3) is 0.368. The number of anilines is 1. The van der Waals surface area contributed by atoms with Crippen LogP contribution in [0.5, 0.6) is 0 Å². The van der Waals surface area contributed by atoms with Gasteiger partial charge >= 0.3 is 0 Å².